The van der Waals surface area contributed by atoms with Gasteiger partial charge in [-0.25, -0.2) is 9.18 Å². The maximum absolute atomic E-state index is 14.2. The molecule has 144 valence electrons. The van der Waals surface area contributed by atoms with E-state index in [4.69, 9.17) is 0 Å². The van der Waals surface area contributed by atoms with Crippen molar-refractivity contribution < 1.29 is 9.18 Å². The second-order valence-corrected chi connectivity index (χ2v) is 8.50. The number of halogens is 1. The van der Waals surface area contributed by atoms with Crippen molar-refractivity contribution in [3.8, 4) is 0 Å². The number of amides is 2. The van der Waals surface area contributed by atoms with Crippen molar-refractivity contribution in [2.24, 2.45) is 5.41 Å². The summed E-state index contributed by atoms with van der Waals surface area (Å²) in [7, 11) is 3.58. The van der Waals surface area contributed by atoms with Crippen molar-refractivity contribution in [1.82, 2.24) is 20.0 Å². The van der Waals surface area contributed by atoms with Crippen LogP contribution in [-0.4, -0.2) is 79.8 Å². The molecule has 0 radical (unpaired) electrons. The number of alkyl halides is 1. The zero-order valence-corrected chi connectivity index (χ0v) is 16.0. The molecule has 4 rings (SSSR count). The average Bonchev–Trinajstić information content (AvgIpc) is 2.96. The van der Waals surface area contributed by atoms with E-state index in [1.165, 1.54) is 18.4 Å². The summed E-state index contributed by atoms with van der Waals surface area (Å²) < 4.78 is 14.2. The molecule has 4 aliphatic rings. The minimum atomic E-state index is -0.914. The van der Waals surface area contributed by atoms with Gasteiger partial charge < -0.3 is 15.1 Å². The molecule has 26 heavy (non-hydrogen) atoms. The van der Waals surface area contributed by atoms with Crippen molar-refractivity contribution in [3.63, 3.8) is 0 Å². The summed E-state index contributed by atoms with van der Waals surface area (Å²) >= 11 is 0. The Kier molecular flexibility index (Phi) is 4.82. The summed E-state index contributed by atoms with van der Waals surface area (Å²) in [5, 5.41) is 3.44. The molecule has 2 fully saturated rings. The Hall–Kier alpha value is -1.40. The molecule has 0 aromatic rings. The number of carbonyl (C=O) groups is 1. The van der Waals surface area contributed by atoms with Crippen molar-refractivity contribution >= 4 is 6.03 Å². The van der Waals surface area contributed by atoms with E-state index in [-0.39, 0.29) is 11.4 Å². The number of hydrogen-bond donors (Lipinski definition) is 1. The van der Waals surface area contributed by atoms with E-state index in [9.17, 15) is 9.18 Å². The third-order valence-corrected chi connectivity index (χ3v) is 6.76. The number of rotatable bonds is 1. The van der Waals surface area contributed by atoms with Crippen molar-refractivity contribution in [2.45, 2.75) is 44.3 Å². The molecule has 1 aliphatic carbocycles. The predicted molar refractivity (Wildman–Crippen MR) is 101 cm³/mol. The molecular formula is C20H31FN4O. The molecule has 0 aromatic carbocycles. The highest BCUT2D eigenvalue weighted by atomic mass is 19.1. The highest BCUT2D eigenvalue weighted by molar-refractivity contribution is 5.78. The molecule has 1 N–H and O–H groups in total. The summed E-state index contributed by atoms with van der Waals surface area (Å²) in [6.45, 7) is 5.06. The molecule has 0 aromatic heterocycles. The first-order valence-corrected chi connectivity index (χ1v) is 10.00. The lowest BCUT2D eigenvalue weighted by Crippen LogP contribution is -2.50. The topological polar surface area (TPSA) is 38.8 Å². The van der Waals surface area contributed by atoms with Crippen LogP contribution in [0.3, 0.4) is 0 Å². The second kappa shape index (κ2) is 6.97. The number of carbonyl (C=O) groups excluding carboxylic acids is 1. The van der Waals surface area contributed by atoms with E-state index >= 15 is 0 Å². The van der Waals surface area contributed by atoms with Gasteiger partial charge in [-0.1, -0.05) is 0 Å². The van der Waals surface area contributed by atoms with Gasteiger partial charge in [0.15, 0.2) is 0 Å². The number of nitrogens with one attached hydrogen (secondary N) is 1. The van der Waals surface area contributed by atoms with Gasteiger partial charge in [0.25, 0.3) is 0 Å². The predicted octanol–water partition coefficient (Wildman–Crippen LogP) is 2.37. The van der Waals surface area contributed by atoms with Crippen LogP contribution >= 0.6 is 0 Å². The van der Waals surface area contributed by atoms with Gasteiger partial charge in [0, 0.05) is 44.2 Å². The molecule has 3 aliphatic heterocycles. The van der Waals surface area contributed by atoms with Gasteiger partial charge in [-0.05, 0) is 69.6 Å². The van der Waals surface area contributed by atoms with Gasteiger partial charge in [-0.3, -0.25) is 4.90 Å². The first kappa shape index (κ1) is 18.0. The van der Waals surface area contributed by atoms with E-state index in [0.717, 1.165) is 44.7 Å². The van der Waals surface area contributed by atoms with Crippen LogP contribution in [0.2, 0.25) is 0 Å². The fourth-order valence-corrected chi connectivity index (χ4v) is 5.25. The first-order chi connectivity index (χ1) is 12.5. The number of nitrogens with zero attached hydrogens (tertiary/aromatic N) is 3. The minimum absolute atomic E-state index is 0.0112. The monoisotopic (exact) mass is 362 g/mol. The van der Waals surface area contributed by atoms with Crippen LogP contribution in [0, 0.1) is 5.41 Å². The maximum atomic E-state index is 14.2. The molecule has 5 nitrogen and oxygen atoms in total. The molecule has 2 saturated heterocycles. The Morgan fingerprint density at radius 2 is 1.96 bits per heavy atom. The van der Waals surface area contributed by atoms with Crippen LogP contribution in [0.4, 0.5) is 9.18 Å². The van der Waals surface area contributed by atoms with Gasteiger partial charge >= 0.3 is 6.03 Å². The van der Waals surface area contributed by atoms with Crippen molar-refractivity contribution in [2.75, 3.05) is 46.8 Å². The zero-order valence-electron chi connectivity index (χ0n) is 16.0. The largest absolute Gasteiger partial charge is 0.330 e. The second-order valence-electron chi connectivity index (χ2n) is 8.50. The number of piperidine rings is 2. The Morgan fingerprint density at radius 1 is 1.27 bits per heavy atom. The Morgan fingerprint density at radius 3 is 2.62 bits per heavy atom. The summed E-state index contributed by atoms with van der Waals surface area (Å²) in [5.41, 5.74) is 2.13. The third kappa shape index (κ3) is 3.07. The molecule has 3 heterocycles. The maximum Gasteiger partial charge on any atom is 0.323 e. The van der Waals surface area contributed by atoms with Crippen LogP contribution in [0.5, 0.6) is 0 Å². The lowest BCUT2D eigenvalue weighted by Gasteiger charge is -2.45. The van der Waals surface area contributed by atoms with Gasteiger partial charge in [0.05, 0.1) is 0 Å². The minimum Gasteiger partial charge on any atom is -0.330 e. The van der Waals surface area contributed by atoms with Gasteiger partial charge in [-0.15, -0.1) is 0 Å². The number of fused-ring (bicyclic) bond motifs is 1. The molecular weight excluding hydrogens is 331 g/mol. The van der Waals surface area contributed by atoms with Crippen LogP contribution in [-0.2, 0) is 0 Å². The lowest BCUT2D eigenvalue weighted by molar-refractivity contribution is 0.0726. The standard InChI is InChI=1S/C20H31FN4O/c1-23(2)19(26)25-14-20(17-13-15(21)3-4-18(17)25)7-11-24(12-8-20)16-5-9-22-10-6-16/h3-4,15-16,22H,5-14H2,1-2H3. The number of urea groups is 1. The SMILES string of the molecule is CN(C)C(=O)N1CC2(CCN(C3CCNCC3)CC2)C2=C1C=CC(F)C2. The molecule has 1 unspecified atom stereocenters. The lowest BCUT2D eigenvalue weighted by atomic mass is 9.71. The van der Waals surface area contributed by atoms with Crippen LogP contribution in [0.15, 0.2) is 23.4 Å². The molecule has 0 bridgehead atoms. The summed E-state index contributed by atoms with van der Waals surface area (Å²) in [5.74, 6) is 0. The Labute approximate surface area is 155 Å². The molecule has 1 atom stereocenters. The van der Waals surface area contributed by atoms with E-state index < -0.39 is 6.17 Å². The molecule has 1 spiro atoms. The summed E-state index contributed by atoms with van der Waals surface area (Å²) in [4.78, 5) is 18.8. The quantitative estimate of drug-likeness (QED) is 0.778. The van der Waals surface area contributed by atoms with E-state index in [1.807, 2.05) is 11.0 Å². The number of hydrogen-bond acceptors (Lipinski definition) is 3. The molecule has 6 heteroatoms. The van der Waals surface area contributed by atoms with Crippen LogP contribution < -0.4 is 5.32 Å². The van der Waals surface area contributed by atoms with Gasteiger partial charge in [-0.2, -0.15) is 0 Å². The Balaban J connectivity index is 1.53. The molecule has 0 saturated carbocycles. The van der Waals surface area contributed by atoms with Crippen molar-refractivity contribution in [3.05, 3.63) is 23.4 Å². The van der Waals surface area contributed by atoms with E-state index in [2.05, 4.69) is 10.2 Å². The first-order valence-electron chi connectivity index (χ1n) is 10.00. The summed E-state index contributed by atoms with van der Waals surface area (Å²) in [6.07, 6.45) is 7.51. The normalized spacial score (nSPS) is 29.3. The fourth-order valence-electron chi connectivity index (χ4n) is 5.25. The summed E-state index contributed by atoms with van der Waals surface area (Å²) in [6, 6.07) is 0.695. The third-order valence-electron chi connectivity index (χ3n) is 6.76. The van der Waals surface area contributed by atoms with Gasteiger partial charge in [0.2, 0.25) is 0 Å². The number of allylic oxidation sites excluding steroid dienone is 2. The van der Waals surface area contributed by atoms with Gasteiger partial charge in [0.1, 0.15) is 6.17 Å². The van der Waals surface area contributed by atoms with Crippen LogP contribution in [0.25, 0.3) is 0 Å². The van der Waals surface area contributed by atoms with E-state index in [1.54, 1.807) is 25.1 Å². The zero-order chi connectivity index (χ0) is 18.3. The fraction of sp³-hybridized carbons (Fsp3) is 0.750. The highest BCUT2D eigenvalue weighted by Gasteiger charge is 2.49. The molecule has 2 amide bonds. The Bertz CT molecular complexity index is 615. The smallest absolute Gasteiger partial charge is 0.323 e. The highest BCUT2D eigenvalue weighted by Crippen LogP contribution is 2.51. The van der Waals surface area contributed by atoms with E-state index in [0.29, 0.717) is 19.0 Å². The average molecular weight is 362 g/mol. The number of likely N-dealkylation sites (tertiary alicyclic amines) is 1. The van der Waals surface area contributed by atoms with Crippen LogP contribution in [0.1, 0.15) is 32.1 Å². The van der Waals surface area contributed by atoms with Crippen molar-refractivity contribution in [1.29, 1.82) is 0 Å².